The van der Waals surface area contributed by atoms with Crippen molar-refractivity contribution in [1.29, 1.82) is 5.26 Å². The van der Waals surface area contributed by atoms with Crippen molar-refractivity contribution in [3.63, 3.8) is 0 Å². The number of rotatable bonds is 2. The zero-order valence-corrected chi connectivity index (χ0v) is 7.58. The van der Waals surface area contributed by atoms with Gasteiger partial charge in [0, 0.05) is 0 Å². The summed E-state index contributed by atoms with van der Waals surface area (Å²) in [4.78, 5) is 10.8. The van der Waals surface area contributed by atoms with Crippen LogP contribution in [0.25, 0.3) is 0 Å². The largest absolute Gasteiger partial charge is 0.469 e. The van der Waals surface area contributed by atoms with Gasteiger partial charge in [-0.25, -0.2) is 4.39 Å². The number of benzene rings is 1. The van der Waals surface area contributed by atoms with Crippen LogP contribution in [0.1, 0.15) is 11.1 Å². The van der Waals surface area contributed by atoms with Crippen molar-refractivity contribution in [2.75, 3.05) is 7.11 Å². The number of nitrogens with zero attached hydrogens (tertiary/aromatic N) is 1. The number of hydrogen-bond acceptors (Lipinski definition) is 3. The van der Waals surface area contributed by atoms with Gasteiger partial charge in [-0.3, -0.25) is 4.79 Å². The second-order valence-corrected chi connectivity index (χ2v) is 2.68. The molecule has 1 rings (SSSR count). The van der Waals surface area contributed by atoms with Gasteiger partial charge in [-0.05, 0) is 17.7 Å². The summed E-state index contributed by atoms with van der Waals surface area (Å²) < 4.78 is 17.5. The van der Waals surface area contributed by atoms with Crippen LogP contribution in [0.3, 0.4) is 0 Å². The maximum Gasteiger partial charge on any atom is 0.309 e. The smallest absolute Gasteiger partial charge is 0.309 e. The first-order valence-electron chi connectivity index (χ1n) is 3.92. The van der Waals surface area contributed by atoms with Crippen LogP contribution in [-0.2, 0) is 16.0 Å². The standard InChI is InChI=1S/C10H8FNO2/c1-14-10(13)5-7-2-3-8(6-12)9(11)4-7/h2-4H,5H2,1H3. The maximum atomic E-state index is 13.0. The van der Waals surface area contributed by atoms with Gasteiger partial charge in [0.2, 0.25) is 0 Å². The third-order valence-electron chi connectivity index (χ3n) is 1.73. The molecule has 0 aliphatic rings. The molecule has 1 aromatic carbocycles. The number of hydrogen-bond donors (Lipinski definition) is 0. The lowest BCUT2D eigenvalue weighted by Gasteiger charge is -2.00. The molecule has 72 valence electrons. The highest BCUT2D eigenvalue weighted by molar-refractivity contribution is 5.72. The Morgan fingerprint density at radius 1 is 1.64 bits per heavy atom. The number of carbonyl (C=O) groups excluding carboxylic acids is 1. The van der Waals surface area contributed by atoms with E-state index in [1.165, 1.54) is 19.2 Å². The molecule has 3 nitrogen and oxygen atoms in total. The molecule has 0 saturated heterocycles. The monoisotopic (exact) mass is 193 g/mol. The van der Waals surface area contributed by atoms with E-state index in [1.54, 1.807) is 6.07 Å². The summed E-state index contributed by atoms with van der Waals surface area (Å²) in [5.41, 5.74) is 0.465. The topological polar surface area (TPSA) is 50.1 Å². The van der Waals surface area contributed by atoms with Crippen molar-refractivity contribution >= 4 is 5.97 Å². The highest BCUT2D eigenvalue weighted by atomic mass is 19.1. The first kappa shape index (κ1) is 10.2. The summed E-state index contributed by atoms with van der Waals surface area (Å²) in [6, 6.07) is 5.73. The fourth-order valence-electron chi connectivity index (χ4n) is 0.998. The average molecular weight is 193 g/mol. The zero-order chi connectivity index (χ0) is 10.6. The average Bonchev–Trinajstić information content (AvgIpc) is 2.18. The molecule has 14 heavy (non-hydrogen) atoms. The molecule has 0 saturated carbocycles. The highest BCUT2D eigenvalue weighted by Gasteiger charge is 2.06. The Hall–Kier alpha value is -1.89. The third kappa shape index (κ3) is 2.30. The molecule has 0 bridgehead atoms. The van der Waals surface area contributed by atoms with Crippen molar-refractivity contribution < 1.29 is 13.9 Å². The third-order valence-corrected chi connectivity index (χ3v) is 1.73. The molecule has 0 aliphatic heterocycles. The van der Waals surface area contributed by atoms with Gasteiger partial charge in [0.15, 0.2) is 0 Å². The quantitative estimate of drug-likeness (QED) is 0.667. The van der Waals surface area contributed by atoms with E-state index in [0.717, 1.165) is 6.07 Å². The molecule has 0 aromatic heterocycles. The van der Waals surface area contributed by atoms with Crippen molar-refractivity contribution in [2.45, 2.75) is 6.42 Å². The van der Waals surface area contributed by atoms with Crippen LogP contribution < -0.4 is 0 Å². The Morgan fingerprint density at radius 2 is 2.36 bits per heavy atom. The molecule has 0 unspecified atom stereocenters. The lowest BCUT2D eigenvalue weighted by molar-refractivity contribution is -0.139. The van der Waals surface area contributed by atoms with E-state index < -0.39 is 11.8 Å². The minimum atomic E-state index is -0.617. The molecule has 1 aromatic rings. The fourth-order valence-corrected chi connectivity index (χ4v) is 0.998. The van der Waals surface area contributed by atoms with E-state index in [4.69, 9.17) is 5.26 Å². The normalized spacial score (nSPS) is 9.21. The molecule has 0 amide bonds. The van der Waals surface area contributed by atoms with Crippen molar-refractivity contribution in [1.82, 2.24) is 0 Å². The Bertz CT molecular complexity index is 396. The molecular formula is C10H8FNO2. The van der Waals surface area contributed by atoms with E-state index in [9.17, 15) is 9.18 Å². The molecule has 0 spiro atoms. The Kier molecular flexibility index (Phi) is 3.19. The van der Waals surface area contributed by atoms with Crippen LogP contribution in [0.15, 0.2) is 18.2 Å². The van der Waals surface area contributed by atoms with Gasteiger partial charge in [-0.15, -0.1) is 0 Å². The van der Waals surface area contributed by atoms with Gasteiger partial charge >= 0.3 is 5.97 Å². The van der Waals surface area contributed by atoms with Crippen LogP contribution >= 0.6 is 0 Å². The lowest BCUT2D eigenvalue weighted by atomic mass is 10.1. The maximum absolute atomic E-state index is 13.0. The second kappa shape index (κ2) is 4.38. The summed E-state index contributed by atoms with van der Waals surface area (Å²) in [6.45, 7) is 0. The number of halogens is 1. The number of methoxy groups -OCH3 is 1. The summed E-state index contributed by atoms with van der Waals surface area (Å²) >= 11 is 0. The Labute approximate surface area is 80.7 Å². The van der Waals surface area contributed by atoms with Gasteiger partial charge in [-0.1, -0.05) is 6.07 Å². The highest BCUT2D eigenvalue weighted by Crippen LogP contribution is 2.10. The predicted molar refractivity (Wildman–Crippen MR) is 46.8 cm³/mol. The molecule has 0 atom stereocenters. The molecular weight excluding hydrogens is 185 g/mol. The Morgan fingerprint density at radius 3 is 2.86 bits per heavy atom. The minimum Gasteiger partial charge on any atom is -0.469 e. The number of ether oxygens (including phenoxy) is 1. The molecule has 4 heteroatoms. The Balaban J connectivity index is 2.88. The van der Waals surface area contributed by atoms with Crippen LogP contribution in [0.4, 0.5) is 4.39 Å². The summed E-state index contributed by atoms with van der Waals surface area (Å²) in [5, 5.41) is 8.46. The van der Waals surface area contributed by atoms with Crippen molar-refractivity contribution in [2.24, 2.45) is 0 Å². The van der Waals surface area contributed by atoms with Crippen LogP contribution in [0.5, 0.6) is 0 Å². The van der Waals surface area contributed by atoms with Gasteiger partial charge < -0.3 is 4.74 Å². The fraction of sp³-hybridized carbons (Fsp3) is 0.200. The van der Waals surface area contributed by atoms with E-state index in [1.807, 2.05) is 0 Å². The second-order valence-electron chi connectivity index (χ2n) is 2.68. The molecule has 0 radical (unpaired) electrons. The number of carbonyl (C=O) groups is 1. The van der Waals surface area contributed by atoms with E-state index >= 15 is 0 Å². The molecule has 0 heterocycles. The van der Waals surface area contributed by atoms with E-state index in [0.29, 0.717) is 5.56 Å². The van der Waals surface area contributed by atoms with Gasteiger partial charge in [0.05, 0.1) is 19.1 Å². The first-order chi connectivity index (χ1) is 6.67. The van der Waals surface area contributed by atoms with E-state index in [-0.39, 0.29) is 12.0 Å². The number of esters is 1. The van der Waals surface area contributed by atoms with Crippen LogP contribution in [0.2, 0.25) is 0 Å². The summed E-state index contributed by atoms with van der Waals surface area (Å²) in [5.74, 6) is -1.05. The lowest BCUT2D eigenvalue weighted by Crippen LogP contribution is -2.04. The van der Waals surface area contributed by atoms with Crippen LogP contribution in [0, 0.1) is 17.1 Å². The van der Waals surface area contributed by atoms with Gasteiger partial charge in [-0.2, -0.15) is 5.26 Å². The zero-order valence-electron chi connectivity index (χ0n) is 7.58. The summed E-state index contributed by atoms with van der Waals surface area (Å²) in [6.07, 6.45) is 0.0130. The van der Waals surface area contributed by atoms with Crippen molar-refractivity contribution in [3.05, 3.63) is 35.1 Å². The molecule has 0 fully saturated rings. The molecule has 0 N–H and O–H groups in total. The van der Waals surface area contributed by atoms with E-state index in [2.05, 4.69) is 4.74 Å². The SMILES string of the molecule is COC(=O)Cc1ccc(C#N)c(F)c1. The molecule has 0 aliphatic carbocycles. The summed E-state index contributed by atoms with van der Waals surface area (Å²) in [7, 11) is 1.27. The minimum absolute atomic E-state index is 0.0130. The predicted octanol–water partition coefficient (Wildman–Crippen LogP) is 1.41. The number of nitriles is 1. The van der Waals surface area contributed by atoms with Crippen molar-refractivity contribution in [3.8, 4) is 6.07 Å². The van der Waals surface area contributed by atoms with Crippen LogP contribution in [-0.4, -0.2) is 13.1 Å². The first-order valence-corrected chi connectivity index (χ1v) is 3.92. The van der Waals surface area contributed by atoms with Gasteiger partial charge in [0.1, 0.15) is 11.9 Å². The van der Waals surface area contributed by atoms with Gasteiger partial charge in [0.25, 0.3) is 0 Å².